The lowest BCUT2D eigenvalue weighted by atomic mass is 10.4. The van der Waals surface area contributed by atoms with Gasteiger partial charge in [-0.2, -0.15) is 9.97 Å². The summed E-state index contributed by atoms with van der Waals surface area (Å²) in [4.78, 5) is 19.8. The molecule has 302 valence electrons. The molecule has 3 heterocycles. The number of methoxy groups -OCH3 is 2. The number of benzene rings is 2. The van der Waals surface area contributed by atoms with Gasteiger partial charge in [0.25, 0.3) is 31.8 Å². The van der Waals surface area contributed by atoms with Gasteiger partial charge in [-0.15, -0.1) is 11.8 Å². The molecular formula is C30H31Cl4N9O10S3. The molecule has 6 N–H and O–H groups in total. The minimum atomic E-state index is -4.10. The zero-order valence-corrected chi connectivity index (χ0v) is 34.5. The highest BCUT2D eigenvalue weighted by Crippen LogP contribution is 2.33. The Hall–Kier alpha value is -3.97. The van der Waals surface area contributed by atoms with Gasteiger partial charge < -0.3 is 34.7 Å². The molecule has 0 saturated heterocycles. The zero-order valence-electron chi connectivity index (χ0n) is 29.1. The highest BCUT2D eigenvalue weighted by molar-refractivity contribution is 7.99. The van der Waals surface area contributed by atoms with Gasteiger partial charge in [0.2, 0.25) is 23.4 Å². The third-order valence-corrected chi connectivity index (χ3v) is 12.2. The summed E-state index contributed by atoms with van der Waals surface area (Å²) in [5.41, 5.74) is 6.02. The smallest absolute Gasteiger partial charge is 0.264 e. The fraction of sp³-hybridized carbons (Fsp3) is 0.267. The van der Waals surface area contributed by atoms with Crippen molar-refractivity contribution >= 4 is 89.8 Å². The van der Waals surface area contributed by atoms with Crippen molar-refractivity contribution in [3.8, 4) is 17.6 Å². The number of hydrogen-bond acceptors (Lipinski definition) is 18. The van der Waals surface area contributed by atoms with Crippen LogP contribution in [0.2, 0.25) is 20.1 Å². The summed E-state index contributed by atoms with van der Waals surface area (Å²) in [5.74, 6) is 0.659. The largest absolute Gasteiger partial charge is 0.478 e. The van der Waals surface area contributed by atoms with Crippen LogP contribution in [0.3, 0.4) is 0 Å². The summed E-state index contributed by atoms with van der Waals surface area (Å²) in [5, 5.41) is 22.1. The van der Waals surface area contributed by atoms with Crippen molar-refractivity contribution in [3.63, 3.8) is 0 Å². The maximum atomic E-state index is 12.7. The molecule has 2 atom stereocenters. The van der Waals surface area contributed by atoms with Crippen molar-refractivity contribution in [1.29, 1.82) is 0 Å². The fourth-order valence-corrected chi connectivity index (χ4v) is 8.28. The minimum absolute atomic E-state index is 0.0241. The Labute approximate surface area is 344 Å². The summed E-state index contributed by atoms with van der Waals surface area (Å²) in [6.45, 7) is 0.986. The molecule has 3 aromatic heterocycles. The van der Waals surface area contributed by atoms with E-state index >= 15 is 0 Å². The van der Waals surface area contributed by atoms with Crippen LogP contribution in [0.15, 0.2) is 68.1 Å². The molecule has 0 spiro atoms. The molecule has 0 aliphatic carbocycles. The number of aryl methyl sites for hydroxylation is 1. The van der Waals surface area contributed by atoms with Crippen LogP contribution >= 0.6 is 58.2 Å². The van der Waals surface area contributed by atoms with Crippen LogP contribution < -0.4 is 29.4 Å². The number of anilines is 2. The lowest BCUT2D eigenvalue weighted by molar-refractivity contribution is 0.0518. The number of nitrogens with zero attached hydrogens (tertiary/aromatic N) is 6. The van der Waals surface area contributed by atoms with Gasteiger partial charge in [-0.3, -0.25) is 9.44 Å². The monoisotopic (exact) mass is 913 g/mol. The van der Waals surface area contributed by atoms with Gasteiger partial charge in [0.15, 0.2) is 5.82 Å². The second-order valence-electron chi connectivity index (χ2n) is 10.7. The van der Waals surface area contributed by atoms with E-state index in [2.05, 4.69) is 39.5 Å². The van der Waals surface area contributed by atoms with E-state index in [1.807, 2.05) is 0 Å². The molecule has 0 aliphatic heterocycles. The molecule has 0 radical (unpaired) electrons. The highest BCUT2D eigenvalue weighted by Gasteiger charge is 2.25. The van der Waals surface area contributed by atoms with E-state index in [9.17, 15) is 21.9 Å². The first-order valence-corrected chi connectivity index (χ1v) is 20.8. The van der Waals surface area contributed by atoms with Gasteiger partial charge in [0.05, 0.1) is 59.4 Å². The summed E-state index contributed by atoms with van der Waals surface area (Å²) < 4.78 is 75.2. The minimum Gasteiger partial charge on any atom is -0.478 e. The molecule has 0 aliphatic rings. The highest BCUT2D eigenvalue weighted by atomic mass is 35.5. The number of nitrogens with one attached hydrogen (secondary N) is 2. The van der Waals surface area contributed by atoms with Crippen LogP contribution in [0, 0.1) is 6.92 Å². The van der Waals surface area contributed by atoms with Crippen LogP contribution in [0.1, 0.15) is 17.8 Å². The summed E-state index contributed by atoms with van der Waals surface area (Å²) in [6.07, 6.45) is 1.42. The molecule has 0 saturated carbocycles. The summed E-state index contributed by atoms with van der Waals surface area (Å²) in [6, 6.07) is 7.94. The number of aliphatic hydroxyl groups excluding tert-OH is 2. The Balaban J connectivity index is 0.000000251. The van der Waals surface area contributed by atoms with E-state index in [-0.39, 0.29) is 65.8 Å². The number of nitrogens with two attached hydrogens (primary N) is 1. The maximum absolute atomic E-state index is 12.7. The van der Waals surface area contributed by atoms with Crippen molar-refractivity contribution in [1.82, 2.24) is 30.1 Å². The van der Waals surface area contributed by atoms with Crippen molar-refractivity contribution in [2.24, 2.45) is 5.73 Å². The SMILES string of the molecule is COc1nc(OC[C@H](O)CO)cnc1NS(=O)(=O)c1cccc(Cl)c1Cl.COc1nc(SC[C@H](N)c2nc(C)no2)cnc1NS(=O)(=O)c1cccc(Cl)c1Cl. The van der Waals surface area contributed by atoms with Crippen molar-refractivity contribution in [2.45, 2.75) is 33.9 Å². The molecule has 2 aromatic carbocycles. The molecule has 19 nitrogen and oxygen atoms in total. The van der Waals surface area contributed by atoms with Gasteiger partial charge in [-0.25, -0.2) is 31.8 Å². The predicted octanol–water partition coefficient (Wildman–Crippen LogP) is 4.40. The molecular weight excluding hydrogens is 884 g/mol. The third-order valence-electron chi connectivity index (χ3n) is 6.60. The number of thioether (sulfide) groups is 1. The van der Waals surface area contributed by atoms with Gasteiger partial charge in [0, 0.05) is 5.75 Å². The average Bonchev–Trinajstić information content (AvgIpc) is 3.61. The Kier molecular flexibility index (Phi) is 15.9. The number of ether oxygens (including phenoxy) is 3. The Morgan fingerprint density at radius 3 is 1.89 bits per heavy atom. The molecule has 0 bridgehead atoms. The van der Waals surface area contributed by atoms with Crippen molar-refractivity contribution < 1.29 is 45.8 Å². The van der Waals surface area contributed by atoms with Crippen molar-refractivity contribution in [2.75, 3.05) is 42.6 Å². The molecule has 5 rings (SSSR count). The van der Waals surface area contributed by atoms with E-state index < -0.39 is 38.8 Å². The van der Waals surface area contributed by atoms with Gasteiger partial charge in [-0.1, -0.05) is 63.7 Å². The molecule has 26 heteroatoms. The normalized spacial score (nSPS) is 12.5. The second-order valence-corrected chi connectivity index (χ2v) is 16.6. The van der Waals surface area contributed by atoms with Gasteiger partial charge >= 0.3 is 0 Å². The van der Waals surface area contributed by atoms with Crippen LogP contribution in [0.25, 0.3) is 0 Å². The second kappa shape index (κ2) is 19.9. The number of hydrogen-bond donors (Lipinski definition) is 5. The van der Waals surface area contributed by atoms with Gasteiger partial charge in [0.1, 0.15) is 27.5 Å². The van der Waals surface area contributed by atoms with Crippen LogP contribution in [0.5, 0.6) is 17.6 Å². The topological polar surface area (TPSA) is 277 Å². The van der Waals surface area contributed by atoms with E-state index in [1.54, 1.807) is 6.92 Å². The molecule has 0 fully saturated rings. The lowest BCUT2D eigenvalue weighted by Crippen LogP contribution is -2.22. The first-order valence-electron chi connectivity index (χ1n) is 15.4. The molecule has 5 aromatic rings. The van der Waals surface area contributed by atoms with E-state index in [0.717, 1.165) is 6.20 Å². The Morgan fingerprint density at radius 2 is 1.39 bits per heavy atom. The number of aliphatic hydroxyl groups is 2. The summed E-state index contributed by atoms with van der Waals surface area (Å²) >= 11 is 25.0. The van der Waals surface area contributed by atoms with E-state index in [1.165, 1.54) is 68.6 Å². The lowest BCUT2D eigenvalue weighted by Gasteiger charge is -2.13. The summed E-state index contributed by atoms with van der Waals surface area (Å²) in [7, 11) is -5.57. The Morgan fingerprint density at radius 1 is 0.857 bits per heavy atom. The standard InChI is InChI=1S/C16H16Cl2N6O4S2.C14H15Cl2N3O6S/c1-8-21-15(28-23-8)10(19)7-29-12-6-20-14(16(22-12)27-2)24-30(25,26)11-5-3-4-9(17)13(11)18;1-24-14-13(17-5-11(18-14)25-7-8(21)6-20)19-26(22,23)10-4-2-3-9(15)12(10)16/h3-6,10H,7,19H2,1-2H3,(H,20,24);2-5,8,20-21H,6-7H2,1H3,(H,17,19)/t10-;8-/m01/s1. The van der Waals surface area contributed by atoms with E-state index in [0.29, 0.717) is 22.5 Å². The van der Waals surface area contributed by atoms with E-state index in [4.69, 9.17) is 76.0 Å². The molecule has 56 heavy (non-hydrogen) atoms. The predicted molar refractivity (Wildman–Crippen MR) is 207 cm³/mol. The first-order chi connectivity index (χ1) is 26.5. The average molecular weight is 916 g/mol. The van der Waals surface area contributed by atoms with Crippen LogP contribution in [0.4, 0.5) is 11.6 Å². The third kappa shape index (κ3) is 11.8. The zero-order chi connectivity index (χ0) is 41.2. The number of sulfonamides is 2. The Bertz CT molecular complexity index is 2360. The van der Waals surface area contributed by atoms with Crippen molar-refractivity contribution in [3.05, 3.63) is 80.6 Å². The number of rotatable bonds is 16. The maximum Gasteiger partial charge on any atom is 0.264 e. The van der Waals surface area contributed by atoms with Crippen LogP contribution in [-0.4, -0.2) is 96.4 Å². The van der Waals surface area contributed by atoms with Gasteiger partial charge in [-0.05, 0) is 31.2 Å². The first kappa shape index (κ1) is 44.7. The number of aromatic nitrogens is 6. The molecule has 0 unspecified atom stereocenters. The fourth-order valence-electron chi connectivity index (χ4n) is 3.97. The quantitative estimate of drug-likeness (QED) is 0.0858. The van der Waals surface area contributed by atoms with Crippen LogP contribution in [-0.2, 0) is 20.0 Å². The number of halogens is 4. The molecule has 0 amide bonds.